The summed E-state index contributed by atoms with van der Waals surface area (Å²) in [6.07, 6.45) is 10.2. The number of carbonyl (C=O) groups is 1. The topological polar surface area (TPSA) is 29.1 Å². The van der Waals surface area contributed by atoms with Crippen molar-refractivity contribution in [3.8, 4) is 0 Å². The average molecular weight is 149 g/mol. The van der Waals surface area contributed by atoms with Crippen LogP contribution in [0.25, 0.3) is 0 Å². The average Bonchev–Trinajstić information content (AvgIpc) is 1.92. The van der Waals surface area contributed by atoms with E-state index >= 15 is 0 Å². The van der Waals surface area contributed by atoms with Gasteiger partial charge in [-0.1, -0.05) is 24.3 Å². The molecule has 3 aliphatic rings. The maximum Gasteiger partial charge on any atom is 0.227 e. The van der Waals surface area contributed by atoms with Gasteiger partial charge in [0.1, 0.15) is 0 Å². The summed E-state index contributed by atoms with van der Waals surface area (Å²) >= 11 is 0. The first-order valence-electron chi connectivity index (χ1n) is 4.01. The third-order valence-electron chi connectivity index (χ3n) is 2.18. The van der Waals surface area contributed by atoms with Gasteiger partial charge in [0.25, 0.3) is 0 Å². The van der Waals surface area contributed by atoms with Gasteiger partial charge in [-0.15, -0.1) is 0 Å². The largest absolute Gasteiger partial charge is 0.346 e. The van der Waals surface area contributed by atoms with Gasteiger partial charge in [-0.05, 0) is 12.8 Å². The number of rotatable bonds is 0. The molecule has 0 saturated heterocycles. The second-order valence-corrected chi connectivity index (χ2v) is 3.03. The van der Waals surface area contributed by atoms with E-state index < -0.39 is 0 Å². The molecule has 2 bridgehead atoms. The van der Waals surface area contributed by atoms with E-state index in [9.17, 15) is 4.79 Å². The lowest BCUT2D eigenvalue weighted by Gasteiger charge is -2.23. The quantitative estimate of drug-likeness (QED) is 0.512. The fraction of sp³-hybridized carbons (Fsp3) is 0.444. The predicted octanol–water partition coefficient (Wildman–Crippen LogP) is 1.01. The van der Waals surface area contributed by atoms with Crippen LogP contribution in [0.15, 0.2) is 24.3 Å². The Morgan fingerprint density at radius 1 is 1.36 bits per heavy atom. The Bertz CT molecular complexity index is 230. The Morgan fingerprint density at radius 2 is 2.27 bits per heavy atom. The van der Waals surface area contributed by atoms with E-state index in [1.807, 2.05) is 12.2 Å². The molecule has 2 heteroatoms. The van der Waals surface area contributed by atoms with Crippen molar-refractivity contribution in [2.24, 2.45) is 5.92 Å². The number of amides is 1. The zero-order valence-corrected chi connectivity index (χ0v) is 6.29. The highest BCUT2D eigenvalue weighted by molar-refractivity contribution is 5.82. The summed E-state index contributed by atoms with van der Waals surface area (Å²) in [5.41, 5.74) is 0. The van der Waals surface area contributed by atoms with Gasteiger partial charge < -0.3 is 5.32 Å². The molecule has 2 aliphatic heterocycles. The highest BCUT2D eigenvalue weighted by atomic mass is 16.1. The van der Waals surface area contributed by atoms with Crippen LogP contribution in [0.2, 0.25) is 0 Å². The molecule has 2 atom stereocenters. The fourth-order valence-electron chi connectivity index (χ4n) is 1.52. The summed E-state index contributed by atoms with van der Waals surface area (Å²) in [7, 11) is 0. The molecule has 0 fully saturated rings. The van der Waals surface area contributed by atoms with Gasteiger partial charge in [0.05, 0.1) is 12.0 Å². The van der Waals surface area contributed by atoms with E-state index in [-0.39, 0.29) is 17.9 Å². The van der Waals surface area contributed by atoms with E-state index in [1.54, 1.807) is 0 Å². The molecule has 1 aliphatic carbocycles. The van der Waals surface area contributed by atoms with Gasteiger partial charge in [-0.3, -0.25) is 4.79 Å². The van der Waals surface area contributed by atoms with Crippen molar-refractivity contribution < 1.29 is 4.79 Å². The minimum absolute atomic E-state index is 0.121. The van der Waals surface area contributed by atoms with Gasteiger partial charge in [-0.2, -0.15) is 0 Å². The van der Waals surface area contributed by atoms with Crippen LogP contribution in [0.5, 0.6) is 0 Å². The smallest absolute Gasteiger partial charge is 0.227 e. The fourth-order valence-corrected chi connectivity index (χ4v) is 1.52. The van der Waals surface area contributed by atoms with Crippen LogP contribution in [0.3, 0.4) is 0 Å². The maximum atomic E-state index is 11.2. The summed E-state index contributed by atoms with van der Waals surface area (Å²) in [5, 5.41) is 2.91. The number of nitrogens with one attached hydrogen (secondary N) is 1. The molecule has 0 aromatic carbocycles. The second kappa shape index (κ2) is 2.53. The molecular weight excluding hydrogens is 138 g/mol. The Balaban J connectivity index is 2.27. The van der Waals surface area contributed by atoms with E-state index in [4.69, 9.17) is 0 Å². The molecule has 0 aromatic heterocycles. The minimum Gasteiger partial charge on any atom is -0.346 e. The zero-order chi connectivity index (χ0) is 7.68. The summed E-state index contributed by atoms with van der Waals surface area (Å²) in [6.45, 7) is 0. The molecule has 0 saturated carbocycles. The molecule has 58 valence electrons. The molecule has 11 heavy (non-hydrogen) atoms. The Hall–Kier alpha value is -1.05. The van der Waals surface area contributed by atoms with Gasteiger partial charge >= 0.3 is 0 Å². The molecule has 1 amide bonds. The molecule has 2 heterocycles. The van der Waals surface area contributed by atoms with E-state index in [2.05, 4.69) is 17.5 Å². The number of hydrogen-bond acceptors (Lipinski definition) is 1. The van der Waals surface area contributed by atoms with Crippen LogP contribution < -0.4 is 5.32 Å². The summed E-state index contributed by atoms with van der Waals surface area (Å²) < 4.78 is 0. The molecule has 2 nitrogen and oxygen atoms in total. The van der Waals surface area contributed by atoms with Crippen LogP contribution >= 0.6 is 0 Å². The van der Waals surface area contributed by atoms with Crippen LogP contribution in [-0.4, -0.2) is 11.9 Å². The first kappa shape index (κ1) is 6.65. The lowest BCUT2D eigenvalue weighted by Crippen LogP contribution is -2.40. The van der Waals surface area contributed by atoms with E-state index in [0.717, 1.165) is 12.8 Å². The highest BCUT2D eigenvalue weighted by Gasteiger charge is 2.22. The number of allylic oxidation sites excluding steroid dienone is 1. The summed E-state index contributed by atoms with van der Waals surface area (Å²) in [6, 6.07) is 0.152. The van der Waals surface area contributed by atoms with Crippen LogP contribution in [0.4, 0.5) is 0 Å². The van der Waals surface area contributed by atoms with Gasteiger partial charge in [0.15, 0.2) is 0 Å². The lowest BCUT2D eigenvalue weighted by atomic mass is 9.94. The van der Waals surface area contributed by atoms with Crippen molar-refractivity contribution >= 4 is 5.91 Å². The van der Waals surface area contributed by atoms with Crippen LogP contribution in [-0.2, 0) is 4.79 Å². The van der Waals surface area contributed by atoms with Crippen LogP contribution in [0, 0.1) is 5.92 Å². The molecular formula is C9H11NO. The second-order valence-electron chi connectivity index (χ2n) is 3.03. The van der Waals surface area contributed by atoms with Crippen molar-refractivity contribution in [2.45, 2.75) is 18.9 Å². The molecule has 2 unspecified atom stereocenters. The normalized spacial score (nSPS) is 34.7. The number of carbonyl (C=O) groups excluding carboxylic acids is 1. The first-order valence-corrected chi connectivity index (χ1v) is 4.01. The van der Waals surface area contributed by atoms with Gasteiger partial charge in [0.2, 0.25) is 5.91 Å². The Labute approximate surface area is 66.0 Å². The van der Waals surface area contributed by atoms with Crippen molar-refractivity contribution in [3.05, 3.63) is 24.3 Å². The number of hydrogen-bond donors (Lipinski definition) is 1. The zero-order valence-electron chi connectivity index (χ0n) is 6.29. The highest BCUT2D eigenvalue weighted by Crippen LogP contribution is 2.17. The molecule has 0 radical (unpaired) electrons. The molecule has 3 rings (SSSR count). The first-order chi connectivity index (χ1) is 5.36. The van der Waals surface area contributed by atoms with Gasteiger partial charge in [0, 0.05) is 0 Å². The standard InChI is InChI=1S/C9H11NO/c11-9-7-3-1-2-4-8(10-9)6-5-7/h2,4-8H,1,3H2,(H,10,11). The Kier molecular flexibility index (Phi) is 1.53. The van der Waals surface area contributed by atoms with Crippen molar-refractivity contribution in [3.63, 3.8) is 0 Å². The monoisotopic (exact) mass is 149 g/mol. The minimum atomic E-state index is 0.121. The summed E-state index contributed by atoms with van der Waals surface area (Å²) in [4.78, 5) is 11.2. The molecule has 1 N–H and O–H groups in total. The SMILES string of the molecule is O=C1NC2C=CCCC1C=C2. The number of fused-ring (bicyclic) bond motifs is 3. The maximum absolute atomic E-state index is 11.2. The van der Waals surface area contributed by atoms with Crippen LogP contribution in [0.1, 0.15) is 12.8 Å². The predicted molar refractivity (Wildman–Crippen MR) is 42.9 cm³/mol. The third kappa shape index (κ3) is 1.20. The lowest BCUT2D eigenvalue weighted by molar-refractivity contribution is -0.124. The van der Waals surface area contributed by atoms with E-state index in [0.29, 0.717) is 0 Å². The van der Waals surface area contributed by atoms with E-state index in [1.165, 1.54) is 0 Å². The summed E-state index contributed by atoms with van der Waals surface area (Å²) in [5.74, 6) is 0.304. The van der Waals surface area contributed by atoms with Crippen molar-refractivity contribution in [1.29, 1.82) is 0 Å². The van der Waals surface area contributed by atoms with Gasteiger partial charge in [-0.25, -0.2) is 0 Å². The molecule has 0 aromatic rings. The van der Waals surface area contributed by atoms with Crippen molar-refractivity contribution in [2.75, 3.05) is 0 Å². The van der Waals surface area contributed by atoms with Crippen molar-refractivity contribution in [1.82, 2.24) is 5.32 Å². The third-order valence-corrected chi connectivity index (χ3v) is 2.18. The molecule has 0 spiro atoms. The Morgan fingerprint density at radius 3 is 3.09 bits per heavy atom.